The number of thiophene rings is 1. The predicted octanol–water partition coefficient (Wildman–Crippen LogP) is 6.11. The molecule has 0 radical (unpaired) electrons. The molecule has 176 valence electrons. The van der Waals surface area contributed by atoms with E-state index in [1.165, 1.54) is 33.7 Å². The number of aryl methyl sites for hydroxylation is 1. The molecule has 2 heterocycles. The second-order valence-corrected chi connectivity index (χ2v) is 9.84. The number of nitrogens with one attached hydrogen (secondary N) is 2. The minimum Gasteiger partial charge on any atom is -0.493 e. The van der Waals surface area contributed by atoms with Crippen LogP contribution in [0.25, 0.3) is 21.3 Å². The van der Waals surface area contributed by atoms with Gasteiger partial charge < -0.3 is 20.1 Å². The zero-order valence-electron chi connectivity index (χ0n) is 20.0. The van der Waals surface area contributed by atoms with Crippen LogP contribution in [-0.2, 0) is 6.54 Å². The van der Waals surface area contributed by atoms with E-state index in [9.17, 15) is 0 Å². The SMILES string of the molecule is COc1cc2nc(C)nc(NC(C)c3ccc(-c4ccccc4CNC4CC4)s3)c2cc1OC. The zero-order chi connectivity index (χ0) is 23.7. The van der Waals surface area contributed by atoms with Gasteiger partial charge in [-0.3, -0.25) is 0 Å². The van der Waals surface area contributed by atoms with E-state index in [0.29, 0.717) is 23.4 Å². The Morgan fingerprint density at radius 3 is 2.56 bits per heavy atom. The van der Waals surface area contributed by atoms with Crippen LogP contribution in [0.2, 0.25) is 0 Å². The number of hydrogen-bond acceptors (Lipinski definition) is 7. The number of benzene rings is 2. The average Bonchev–Trinajstić information content (AvgIpc) is 3.55. The fraction of sp³-hybridized carbons (Fsp3) is 0.333. The average molecular weight is 475 g/mol. The molecule has 2 aromatic heterocycles. The van der Waals surface area contributed by atoms with Gasteiger partial charge in [0.05, 0.1) is 25.8 Å². The molecule has 0 bridgehead atoms. The van der Waals surface area contributed by atoms with E-state index in [2.05, 4.69) is 58.9 Å². The number of anilines is 1. The normalized spacial score (nSPS) is 14.2. The van der Waals surface area contributed by atoms with E-state index in [0.717, 1.165) is 23.3 Å². The highest BCUT2D eigenvalue weighted by Crippen LogP contribution is 2.37. The van der Waals surface area contributed by atoms with Gasteiger partial charge in [0.2, 0.25) is 0 Å². The standard InChI is InChI=1S/C27H30N4O2S/c1-16(29-27-21-13-23(32-3)24(33-4)14-22(21)30-17(2)31-27)25-11-12-26(34-25)20-8-6-5-7-18(20)15-28-19-9-10-19/h5-8,11-14,16,19,28H,9-10,15H2,1-4H3,(H,29,30,31). The summed E-state index contributed by atoms with van der Waals surface area (Å²) >= 11 is 1.82. The van der Waals surface area contributed by atoms with Gasteiger partial charge in [-0.1, -0.05) is 24.3 Å². The monoisotopic (exact) mass is 474 g/mol. The van der Waals surface area contributed by atoms with Crippen LogP contribution in [-0.4, -0.2) is 30.2 Å². The molecular formula is C27H30N4O2S. The Balaban J connectivity index is 1.41. The quantitative estimate of drug-likeness (QED) is 0.305. The number of ether oxygens (including phenoxy) is 2. The van der Waals surface area contributed by atoms with Crippen LogP contribution >= 0.6 is 11.3 Å². The van der Waals surface area contributed by atoms with Crippen molar-refractivity contribution < 1.29 is 9.47 Å². The number of methoxy groups -OCH3 is 2. The van der Waals surface area contributed by atoms with Crippen LogP contribution in [0.5, 0.6) is 11.5 Å². The second kappa shape index (κ2) is 9.60. The summed E-state index contributed by atoms with van der Waals surface area (Å²) in [5.41, 5.74) is 3.48. The van der Waals surface area contributed by atoms with Crippen LogP contribution in [0.3, 0.4) is 0 Å². The molecule has 2 aromatic carbocycles. The molecule has 7 heteroatoms. The van der Waals surface area contributed by atoms with Gasteiger partial charge in [0, 0.05) is 33.8 Å². The van der Waals surface area contributed by atoms with Gasteiger partial charge in [-0.15, -0.1) is 11.3 Å². The molecule has 0 aliphatic heterocycles. The lowest BCUT2D eigenvalue weighted by Crippen LogP contribution is -2.15. The molecule has 1 fully saturated rings. The van der Waals surface area contributed by atoms with Gasteiger partial charge in [-0.2, -0.15) is 0 Å². The number of hydrogen-bond donors (Lipinski definition) is 2. The Labute approximate surface area is 204 Å². The maximum atomic E-state index is 5.51. The molecule has 1 aliphatic carbocycles. The molecule has 34 heavy (non-hydrogen) atoms. The van der Waals surface area contributed by atoms with Crippen LogP contribution < -0.4 is 20.1 Å². The summed E-state index contributed by atoms with van der Waals surface area (Å²) in [6.07, 6.45) is 2.59. The molecular weight excluding hydrogens is 444 g/mol. The summed E-state index contributed by atoms with van der Waals surface area (Å²) in [5, 5.41) is 8.16. The molecule has 1 atom stereocenters. The lowest BCUT2D eigenvalue weighted by molar-refractivity contribution is 0.356. The Morgan fingerprint density at radius 2 is 1.79 bits per heavy atom. The highest BCUT2D eigenvalue weighted by Gasteiger charge is 2.21. The second-order valence-electron chi connectivity index (χ2n) is 8.72. The summed E-state index contributed by atoms with van der Waals surface area (Å²) < 4.78 is 11.0. The minimum absolute atomic E-state index is 0.0843. The van der Waals surface area contributed by atoms with Crippen LogP contribution in [0.15, 0.2) is 48.5 Å². The van der Waals surface area contributed by atoms with Crippen molar-refractivity contribution in [3.63, 3.8) is 0 Å². The molecule has 0 saturated heterocycles. The van der Waals surface area contributed by atoms with Gasteiger partial charge in [0.1, 0.15) is 11.6 Å². The maximum Gasteiger partial charge on any atom is 0.162 e. The van der Waals surface area contributed by atoms with Crippen LogP contribution in [0, 0.1) is 6.92 Å². The molecule has 1 aliphatic rings. The van der Waals surface area contributed by atoms with E-state index >= 15 is 0 Å². The first kappa shape index (κ1) is 22.6. The highest BCUT2D eigenvalue weighted by molar-refractivity contribution is 7.15. The first-order chi connectivity index (χ1) is 16.6. The van der Waals surface area contributed by atoms with Gasteiger partial charge in [0.15, 0.2) is 11.5 Å². The zero-order valence-corrected chi connectivity index (χ0v) is 20.8. The fourth-order valence-electron chi connectivity index (χ4n) is 4.14. The van der Waals surface area contributed by atoms with Crippen molar-refractivity contribution in [1.82, 2.24) is 15.3 Å². The third-order valence-corrected chi connectivity index (χ3v) is 7.46. The van der Waals surface area contributed by atoms with Gasteiger partial charge in [-0.25, -0.2) is 9.97 Å². The van der Waals surface area contributed by atoms with Crippen molar-refractivity contribution in [1.29, 1.82) is 0 Å². The van der Waals surface area contributed by atoms with E-state index in [1.54, 1.807) is 14.2 Å². The van der Waals surface area contributed by atoms with Crippen molar-refractivity contribution in [3.05, 3.63) is 64.8 Å². The van der Waals surface area contributed by atoms with Crippen molar-refractivity contribution in [3.8, 4) is 21.9 Å². The van der Waals surface area contributed by atoms with E-state index in [-0.39, 0.29) is 6.04 Å². The lowest BCUT2D eigenvalue weighted by atomic mass is 10.1. The highest BCUT2D eigenvalue weighted by atomic mass is 32.1. The number of rotatable bonds is 9. The number of nitrogens with zero attached hydrogens (tertiary/aromatic N) is 2. The summed E-state index contributed by atoms with van der Waals surface area (Å²) in [4.78, 5) is 11.8. The van der Waals surface area contributed by atoms with E-state index in [4.69, 9.17) is 14.5 Å². The van der Waals surface area contributed by atoms with Crippen molar-refractivity contribution >= 4 is 28.1 Å². The Morgan fingerprint density at radius 1 is 1.03 bits per heavy atom. The van der Waals surface area contributed by atoms with Crippen molar-refractivity contribution in [2.75, 3.05) is 19.5 Å². The lowest BCUT2D eigenvalue weighted by Gasteiger charge is -2.17. The Bertz CT molecular complexity index is 1320. The summed E-state index contributed by atoms with van der Waals surface area (Å²) in [7, 11) is 3.27. The maximum absolute atomic E-state index is 5.51. The third kappa shape index (κ3) is 4.72. The molecule has 5 rings (SSSR count). The minimum atomic E-state index is 0.0843. The topological polar surface area (TPSA) is 68.3 Å². The number of aromatic nitrogens is 2. The third-order valence-electron chi connectivity index (χ3n) is 6.16. The van der Waals surface area contributed by atoms with E-state index in [1.807, 2.05) is 30.4 Å². The smallest absolute Gasteiger partial charge is 0.162 e. The van der Waals surface area contributed by atoms with E-state index < -0.39 is 0 Å². The molecule has 4 aromatic rings. The fourth-order valence-corrected chi connectivity index (χ4v) is 5.22. The van der Waals surface area contributed by atoms with Gasteiger partial charge in [-0.05, 0) is 56.0 Å². The Hall–Kier alpha value is -3.16. The van der Waals surface area contributed by atoms with Crippen molar-refractivity contribution in [2.45, 2.75) is 45.3 Å². The van der Waals surface area contributed by atoms with Gasteiger partial charge >= 0.3 is 0 Å². The predicted molar refractivity (Wildman–Crippen MR) is 139 cm³/mol. The Kier molecular flexibility index (Phi) is 6.39. The molecule has 1 unspecified atom stereocenters. The number of fused-ring (bicyclic) bond motifs is 1. The first-order valence-electron chi connectivity index (χ1n) is 11.6. The van der Waals surface area contributed by atoms with Crippen molar-refractivity contribution in [2.24, 2.45) is 0 Å². The summed E-state index contributed by atoms with van der Waals surface area (Å²) in [6.45, 7) is 4.99. The summed E-state index contributed by atoms with van der Waals surface area (Å²) in [6, 6.07) is 17.7. The van der Waals surface area contributed by atoms with Gasteiger partial charge in [0.25, 0.3) is 0 Å². The summed E-state index contributed by atoms with van der Waals surface area (Å²) in [5.74, 6) is 2.82. The molecule has 6 nitrogen and oxygen atoms in total. The molecule has 0 spiro atoms. The first-order valence-corrected chi connectivity index (χ1v) is 12.5. The van der Waals surface area contributed by atoms with Crippen LogP contribution in [0.4, 0.5) is 5.82 Å². The molecule has 2 N–H and O–H groups in total. The van der Waals surface area contributed by atoms with Crippen LogP contribution in [0.1, 0.15) is 42.1 Å². The molecule has 1 saturated carbocycles. The molecule has 0 amide bonds. The largest absolute Gasteiger partial charge is 0.493 e.